The van der Waals surface area contributed by atoms with E-state index >= 15 is 0 Å². The summed E-state index contributed by atoms with van der Waals surface area (Å²) < 4.78 is 0. The molecule has 0 aliphatic heterocycles. The number of benzene rings is 1. The van der Waals surface area contributed by atoms with Gasteiger partial charge in [0, 0.05) is 23.3 Å². The van der Waals surface area contributed by atoms with Crippen molar-refractivity contribution in [3.63, 3.8) is 0 Å². The molecular weight excluding hydrogens is 260 g/mol. The molecule has 0 radical (unpaired) electrons. The molecule has 3 aromatic rings. The van der Waals surface area contributed by atoms with Crippen molar-refractivity contribution in [3.05, 3.63) is 71.1 Å². The molecule has 0 amide bonds. The van der Waals surface area contributed by atoms with E-state index in [2.05, 4.69) is 9.97 Å². The molecule has 1 aromatic carbocycles. The quantitative estimate of drug-likeness (QED) is 0.777. The highest BCUT2D eigenvalue weighted by Crippen LogP contribution is 2.23. The Labute approximate surface area is 115 Å². The molecule has 0 fully saturated rings. The highest BCUT2D eigenvalue weighted by atomic mass is 35.5. The van der Waals surface area contributed by atoms with Crippen molar-refractivity contribution in [2.24, 2.45) is 0 Å². The average molecular weight is 271 g/mol. The Balaban J connectivity index is 2.01. The van der Waals surface area contributed by atoms with Crippen LogP contribution < -0.4 is 0 Å². The van der Waals surface area contributed by atoms with Crippen LogP contribution in [0.25, 0.3) is 10.9 Å². The molecule has 2 aromatic heterocycles. The number of para-hydroxylation sites is 1. The summed E-state index contributed by atoms with van der Waals surface area (Å²) in [6.07, 6.45) is 2.40. The molecule has 0 aliphatic rings. The van der Waals surface area contributed by atoms with E-state index in [9.17, 15) is 5.11 Å². The number of halogens is 1. The predicted octanol–water partition coefficient (Wildman–Crippen LogP) is 3.36. The lowest BCUT2D eigenvalue weighted by molar-refractivity contribution is 0.215. The zero-order chi connectivity index (χ0) is 13.2. The molecule has 1 unspecified atom stereocenters. The first-order chi connectivity index (χ1) is 9.24. The van der Waals surface area contributed by atoms with Crippen LogP contribution in [0, 0.1) is 0 Å². The number of hydrogen-bond donors (Lipinski definition) is 1. The number of nitrogens with zero attached hydrogens (tertiary/aromatic N) is 2. The number of fused-ring (bicyclic) bond motifs is 1. The summed E-state index contributed by atoms with van der Waals surface area (Å²) in [7, 11) is 0. The molecule has 0 saturated heterocycles. The van der Waals surface area contributed by atoms with Crippen molar-refractivity contribution in [2.75, 3.05) is 0 Å². The normalized spacial score (nSPS) is 12.5. The van der Waals surface area contributed by atoms with E-state index in [1.165, 1.54) is 6.20 Å². The Morgan fingerprint density at radius 2 is 1.84 bits per heavy atom. The lowest BCUT2D eigenvalue weighted by Gasteiger charge is -2.10. The Hall–Kier alpha value is -1.97. The summed E-state index contributed by atoms with van der Waals surface area (Å²) in [6.45, 7) is 0. The zero-order valence-electron chi connectivity index (χ0n) is 9.99. The van der Waals surface area contributed by atoms with Crippen LogP contribution in [0.3, 0.4) is 0 Å². The molecule has 4 heteroatoms. The van der Waals surface area contributed by atoms with Crippen LogP contribution in [0.15, 0.2) is 54.9 Å². The van der Waals surface area contributed by atoms with E-state index in [0.717, 1.165) is 10.9 Å². The molecule has 94 valence electrons. The minimum absolute atomic E-state index is 0.549. The lowest BCUT2D eigenvalue weighted by atomic mass is 10.1. The van der Waals surface area contributed by atoms with E-state index < -0.39 is 6.10 Å². The first-order valence-corrected chi connectivity index (χ1v) is 6.26. The first kappa shape index (κ1) is 12.1. The SMILES string of the molecule is OC(c1cnc2ccccc2c1)c1ccc(Cl)cn1. The monoisotopic (exact) mass is 270 g/mol. The van der Waals surface area contributed by atoms with Crippen LogP contribution in [0.4, 0.5) is 0 Å². The van der Waals surface area contributed by atoms with Crippen molar-refractivity contribution < 1.29 is 5.11 Å². The van der Waals surface area contributed by atoms with Crippen molar-refractivity contribution in [1.29, 1.82) is 0 Å². The molecule has 0 spiro atoms. The van der Waals surface area contributed by atoms with Crippen LogP contribution in [-0.4, -0.2) is 15.1 Å². The molecule has 3 rings (SSSR count). The molecule has 0 saturated carbocycles. The largest absolute Gasteiger partial charge is 0.382 e. The zero-order valence-corrected chi connectivity index (χ0v) is 10.7. The van der Waals surface area contributed by atoms with Crippen molar-refractivity contribution in [1.82, 2.24) is 9.97 Å². The third-order valence-electron chi connectivity index (χ3n) is 2.96. The van der Waals surface area contributed by atoms with Gasteiger partial charge in [0.1, 0.15) is 6.10 Å². The maximum atomic E-state index is 10.3. The maximum Gasteiger partial charge on any atom is 0.122 e. The van der Waals surface area contributed by atoms with Crippen LogP contribution >= 0.6 is 11.6 Å². The minimum atomic E-state index is -0.797. The standard InChI is InChI=1S/C15H11ClN2O/c16-12-5-6-14(18-9-12)15(19)11-7-10-3-1-2-4-13(10)17-8-11/h1-9,15,19H. The van der Waals surface area contributed by atoms with Gasteiger partial charge in [0.05, 0.1) is 16.2 Å². The number of rotatable bonds is 2. The van der Waals surface area contributed by atoms with E-state index in [1.807, 2.05) is 30.3 Å². The van der Waals surface area contributed by atoms with E-state index in [4.69, 9.17) is 11.6 Å². The van der Waals surface area contributed by atoms with Gasteiger partial charge >= 0.3 is 0 Å². The number of aliphatic hydroxyl groups excluding tert-OH is 1. The van der Waals surface area contributed by atoms with Crippen molar-refractivity contribution in [3.8, 4) is 0 Å². The number of aromatic nitrogens is 2. The average Bonchev–Trinajstić information content (AvgIpc) is 2.47. The van der Waals surface area contributed by atoms with Gasteiger partial charge in [-0.15, -0.1) is 0 Å². The van der Waals surface area contributed by atoms with Crippen molar-refractivity contribution in [2.45, 2.75) is 6.10 Å². The molecule has 1 N–H and O–H groups in total. The fourth-order valence-corrected chi connectivity index (χ4v) is 2.07. The summed E-state index contributed by atoms with van der Waals surface area (Å²) in [5.74, 6) is 0. The molecule has 1 atom stereocenters. The summed E-state index contributed by atoms with van der Waals surface area (Å²) in [6, 6.07) is 13.1. The summed E-state index contributed by atoms with van der Waals surface area (Å²) in [5, 5.41) is 11.8. The van der Waals surface area contributed by atoms with Crippen LogP contribution in [0.5, 0.6) is 0 Å². The number of pyridine rings is 2. The summed E-state index contributed by atoms with van der Waals surface area (Å²) >= 11 is 5.78. The highest BCUT2D eigenvalue weighted by Gasteiger charge is 2.12. The number of hydrogen-bond acceptors (Lipinski definition) is 3. The molecular formula is C15H11ClN2O. The molecule has 2 heterocycles. The van der Waals surface area contributed by atoms with E-state index in [0.29, 0.717) is 16.3 Å². The van der Waals surface area contributed by atoms with Crippen LogP contribution in [-0.2, 0) is 0 Å². The van der Waals surface area contributed by atoms with Gasteiger partial charge < -0.3 is 5.11 Å². The Morgan fingerprint density at radius 1 is 1.00 bits per heavy atom. The third kappa shape index (κ3) is 2.43. The number of aliphatic hydroxyl groups is 1. The van der Waals surface area contributed by atoms with E-state index in [-0.39, 0.29) is 0 Å². The van der Waals surface area contributed by atoms with Gasteiger partial charge in [0.25, 0.3) is 0 Å². The molecule has 3 nitrogen and oxygen atoms in total. The van der Waals surface area contributed by atoms with Crippen LogP contribution in [0.2, 0.25) is 5.02 Å². The fourth-order valence-electron chi connectivity index (χ4n) is 1.96. The highest BCUT2D eigenvalue weighted by molar-refractivity contribution is 6.30. The predicted molar refractivity (Wildman–Crippen MR) is 75.1 cm³/mol. The summed E-state index contributed by atoms with van der Waals surface area (Å²) in [5.41, 5.74) is 2.18. The topological polar surface area (TPSA) is 46.0 Å². The molecule has 19 heavy (non-hydrogen) atoms. The Morgan fingerprint density at radius 3 is 2.63 bits per heavy atom. The second kappa shape index (κ2) is 4.96. The van der Waals surface area contributed by atoms with Gasteiger partial charge in [-0.05, 0) is 24.3 Å². The minimum Gasteiger partial charge on any atom is -0.382 e. The van der Waals surface area contributed by atoms with Gasteiger partial charge in [-0.2, -0.15) is 0 Å². The Bertz CT molecular complexity index is 713. The van der Waals surface area contributed by atoms with Gasteiger partial charge in [-0.1, -0.05) is 29.8 Å². The van der Waals surface area contributed by atoms with Gasteiger partial charge in [-0.25, -0.2) is 0 Å². The smallest absolute Gasteiger partial charge is 0.122 e. The first-order valence-electron chi connectivity index (χ1n) is 5.88. The third-order valence-corrected chi connectivity index (χ3v) is 3.18. The van der Waals surface area contributed by atoms with Gasteiger partial charge in [-0.3, -0.25) is 9.97 Å². The maximum absolute atomic E-state index is 10.3. The van der Waals surface area contributed by atoms with Gasteiger partial charge in [0.2, 0.25) is 0 Å². The molecule has 0 bridgehead atoms. The second-order valence-electron chi connectivity index (χ2n) is 4.27. The Kier molecular flexibility index (Phi) is 3.15. The summed E-state index contributed by atoms with van der Waals surface area (Å²) in [4.78, 5) is 8.46. The van der Waals surface area contributed by atoms with Crippen molar-refractivity contribution >= 4 is 22.5 Å². The van der Waals surface area contributed by atoms with Gasteiger partial charge in [0.15, 0.2) is 0 Å². The lowest BCUT2D eigenvalue weighted by Crippen LogP contribution is -2.02. The van der Waals surface area contributed by atoms with Crippen LogP contribution in [0.1, 0.15) is 17.4 Å². The second-order valence-corrected chi connectivity index (χ2v) is 4.70. The molecule has 0 aliphatic carbocycles. The van der Waals surface area contributed by atoms with E-state index in [1.54, 1.807) is 18.3 Å². The fraction of sp³-hybridized carbons (Fsp3) is 0.0667.